The average molecular weight is 507 g/mol. The van der Waals surface area contributed by atoms with Crippen LogP contribution < -0.4 is 0 Å². The van der Waals surface area contributed by atoms with Gasteiger partial charge in [0.1, 0.15) is 0 Å². The molecule has 0 unspecified atom stereocenters. The van der Waals surface area contributed by atoms with Crippen molar-refractivity contribution in [2.24, 2.45) is 0 Å². The van der Waals surface area contributed by atoms with E-state index in [9.17, 15) is 0 Å². The molecule has 0 fully saturated rings. The van der Waals surface area contributed by atoms with Crippen molar-refractivity contribution in [3.63, 3.8) is 0 Å². The summed E-state index contributed by atoms with van der Waals surface area (Å²) in [7, 11) is 0. The first kappa shape index (κ1) is 22.7. The first-order valence-electron chi connectivity index (χ1n) is 12.2. The van der Waals surface area contributed by atoms with Crippen LogP contribution in [-0.2, 0) is 0 Å². The second-order valence-electron chi connectivity index (χ2n) is 8.55. The van der Waals surface area contributed by atoms with Crippen LogP contribution in [0.25, 0.3) is 65.9 Å². The van der Waals surface area contributed by atoms with Crippen LogP contribution in [0.15, 0.2) is 97.1 Å². The normalized spacial score (nSPS) is 11.3. The Morgan fingerprint density at radius 3 is 1.25 bits per heavy atom. The third-order valence-electron chi connectivity index (χ3n) is 6.70. The Bertz CT molecular complexity index is 1750. The lowest BCUT2D eigenvalue weighted by Gasteiger charge is -2.15. The Morgan fingerprint density at radius 2 is 0.833 bits per heavy atom. The number of rotatable bonds is 2. The van der Waals surface area contributed by atoms with Crippen LogP contribution in [0.4, 0.5) is 0 Å². The first-order chi connectivity index (χ1) is 17.7. The summed E-state index contributed by atoms with van der Waals surface area (Å²) in [5.74, 6) is 0. The topological polar surface area (TPSA) is 31.6 Å². The molecule has 2 nitrogen and oxygen atoms in total. The number of H-pyrrole nitrogens is 2. The Hall–Kier alpha value is -3.72. The molecule has 0 amide bonds. The lowest BCUT2D eigenvalue weighted by molar-refractivity contribution is 1.50. The summed E-state index contributed by atoms with van der Waals surface area (Å²) in [4.78, 5) is 7.47. The molecule has 2 heterocycles. The van der Waals surface area contributed by atoms with E-state index in [1.54, 1.807) is 0 Å². The summed E-state index contributed by atoms with van der Waals surface area (Å²) in [5, 5.41) is 6.02. The van der Waals surface area contributed by atoms with Crippen molar-refractivity contribution in [1.29, 1.82) is 0 Å². The zero-order valence-corrected chi connectivity index (χ0v) is 21.5. The molecule has 0 aliphatic heterocycles. The quantitative estimate of drug-likeness (QED) is 0.233. The molecule has 7 aromatic rings. The fourth-order valence-corrected chi connectivity index (χ4v) is 5.76. The highest BCUT2D eigenvalue weighted by molar-refractivity contribution is 6.39. The predicted molar refractivity (Wildman–Crippen MR) is 157 cm³/mol. The van der Waals surface area contributed by atoms with Gasteiger partial charge in [-0.05, 0) is 24.3 Å². The van der Waals surface area contributed by atoms with E-state index in [1.807, 2.05) is 50.2 Å². The van der Waals surface area contributed by atoms with Crippen molar-refractivity contribution in [1.82, 2.24) is 9.97 Å². The van der Waals surface area contributed by atoms with E-state index in [1.165, 1.54) is 0 Å². The maximum atomic E-state index is 6.81. The van der Waals surface area contributed by atoms with Crippen LogP contribution in [0.1, 0.15) is 13.8 Å². The summed E-state index contributed by atoms with van der Waals surface area (Å²) >= 11 is 13.6. The second kappa shape index (κ2) is 9.05. The van der Waals surface area contributed by atoms with Crippen LogP contribution in [0, 0.1) is 0 Å². The van der Waals surface area contributed by atoms with Gasteiger partial charge in [-0.2, -0.15) is 0 Å². The summed E-state index contributed by atoms with van der Waals surface area (Å²) in [5.41, 5.74) is 8.47. The molecule has 0 aliphatic rings. The monoisotopic (exact) mass is 506 g/mol. The fourth-order valence-electron chi connectivity index (χ4n) is 5.29. The molecule has 0 saturated heterocycles. The van der Waals surface area contributed by atoms with Crippen LogP contribution in [0.2, 0.25) is 10.0 Å². The molecule has 176 valence electrons. The molecule has 2 N–H and O–H groups in total. The van der Waals surface area contributed by atoms with Gasteiger partial charge in [-0.3, -0.25) is 0 Å². The minimum atomic E-state index is 0.722. The van der Waals surface area contributed by atoms with Crippen LogP contribution >= 0.6 is 23.2 Å². The molecular formula is C32H24Cl2N2. The molecule has 7 rings (SSSR count). The summed E-state index contributed by atoms with van der Waals surface area (Å²) in [6.45, 7) is 4.00. The minimum absolute atomic E-state index is 0.722. The van der Waals surface area contributed by atoms with Gasteiger partial charge in [0.05, 0.1) is 11.0 Å². The summed E-state index contributed by atoms with van der Waals surface area (Å²) in [6.07, 6.45) is 0. The Kier molecular flexibility index (Phi) is 5.72. The highest BCUT2D eigenvalue weighted by Crippen LogP contribution is 2.50. The number of nitrogens with one attached hydrogen (secondary N) is 2. The molecule has 0 bridgehead atoms. The number of aromatic amines is 2. The van der Waals surface area contributed by atoms with Crippen LogP contribution in [-0.4, -0.2) is 9.97 Å². The van der Waals surface area contributed by atoms with Gasteiger partial charge >= 0.3 is 0 Å². The summed E-state index contributed by atoms with van der Waals surface area (Å²) in [6, 6.07) is 33.0. The smallest absolute Gasteiger partial charge is 0.0559 e. The molecular weight excluding hydrogens is 483 g/mol. The number of fused-ring (bicyclic) bond motifs is 6. The predicted octanol–water partition coefficient (Wildman–Crippen LogP) is 10.6. The van der Waals surface area contributed by atoms with E-state index in [0.29, 0.717) is 0 Å². The van der Waals surface area contributed by atoms with Crippen LogP contribution in [0.5, 0.6) is 0 Å². The van der Waals surface area contributed by atoms with Gasteiger partial charge in [-0.1, -0.05) is 110 Å². The number of aromatic nitrogens is 2. The Balaban J connectivity index is 0.00000117. The minimum Gasteiger partial charge on any atom is -0.354 e. The molecule has 4 heteroatoms. The summed E-state index contributed by atoms with van der Waals surface area (Å²) < 4.78 is 0. The van der Waals surface area contributed by atoms with Crippen molar-refractivity contribution < 1.29 is 0 Å². The fraction of sp³-hybridized carbons (Fsp3) is 0.0625. The SMILES string of the molecule is CC.Clc1ccccc1-c1c2[nH]c3ccccc3c2c(-c2ccccc2Cl)c2[nH]c3ccccc3c12. The molecule has 0 spiro atoms. The Labute approximate surface area is 219 Å². The zero-order chi connectivity index (χ0) is 24.8. The molecule has 2 aromatic heterocycles. The molecule has 0 atom stereocenters. The zero-order valence-electron chi connectivity index (χ0n) is 20.0. The van der Waals surface area contributed by atoms with Gasteiger partial charge in [-0.25, -0.2) is 0 Å². The van der Waals surface area contributed by atoms with E-state index >= 15 is 0 Å². The number of para-hydroxylation sites is 2. The number of benzene rings is 5. The number of halogens is 2. The molecule has 0 aliphatic carbocycles. The first-order valence-corrected chi connectivity index (χ1v) is 12.9. The third kappa shape index (κ3) is 3.33. The molecule has 0 saturated carbocycles. The van der Waals surface area contributed by atoms with E-state index in [2.05, 4.69) is 70.6 Å². The lowest BCUT2D eigenvalue weighted by atomic mass is 9.90. The van der Waals surface area contributed by atoms with Crippen molar-refractivity contribution in [2.45, 2.75) is 13.8 Å². The maximum absolute atomic E-state index is 6.81. The van der Waals surface area contributed by atoms with Gasteiger partial charge in [0.25, 0.3) is 0 Å². The number of hydrogen-bond donors (Lipinski definition) is 2. The second-order valence-corrected chi connectivity index (χ2v) is 9.37. The van der Waals surface area contributed by atoms with E-state index in [4.69, 9.17) is 23.2 Å². The van der Waals surface area contributed by atoms with Gasteiger partial charge in [-0.15, -0.1) is 0 Å². The molecule has 36 heavy (non-hydrogen) atoms. The Morgan fingerprint density at radius 1 is 0.472 bits per heavy atom. The van der Waals surface area contributed by atoms with Gasteiger partial charge in [0.2, 0.25) is 0 Å². The average Bonchev–Trinajstić information content (AvgIpc) is 3.49. The van der Waals surface area contributed by atoms with Gasteiger partial charge in [0.15, 0.2) is 0 Å². The highest BCUT2D eigenvalue weighted by atomic mass is 35.5. The van der Waals surface area contributed by atoms with Gasteiger partial charge < -0.3 is 9.97 Å². The van der Waals surface area contributed by atoms with Crippen molar-refractivity contribution in [2.75, 3.05) is 0 Å². The lowest BCUT2D eigenvalue weighted by Crippen LogP contribution is -1.90. The van der Waals surface area contributed by atoms with Crippen LogP contribution in [0.3, 0.4) is 0 Å². The van der Waals surface area contributed by atoms with E-state index < -0.39 is 0 Å². The largest absolute Gasteiger partial charge is 0.354 e. The molecule has 0 radical (unpaired) electrons. The molecule has 5 aromatic carbocycles. The van der Waals surface area contributed by atoms with Gasteiger partial charge in [0, 0.05) is 64.9 Å². The van der Waals surface area contributed by atoms with Crippen molar-refractivity contribution in [3.05, 3.63) is 107 Å². The standard InChI is InChI=1S/C30H18Cl2N2.C2H6/c31-21-13-5-1-9-17(21)25-27-19-11-3-7-15-23(19)34-30(27)26(18-10-2-6-14-22(18)32)28-20-12-4-8-16-24(20)33-29(25)28;1-2/h1-16,33-34H;1-2H3. The van der Waals surface area contributed by atoms with E-state index in [-0.39, 0.29) is 0 Å². The van der Waals surface area contributed by atoms with E-state index in [0.717, 1.165) is 75.9 Å². The number of hydrogen-bond acceptors (Lipinski definition) is 0. The maximum Gasteiger partial charge on any atom is 0.0559 e. The van der Waals surface area contributed by atoms with Crippen molar-refractivity contribution in [3.8, 4) is 22.3 Å². The van der Waals surface area contributed by atoms with Crippen molar-refractivity contribution >= 4 is 66.8 Å². The third-order valence-corrected chi connectivity index (χ3v) is 7.36. The highest BCUT2D eigenvalue weighted by Gasteiger charge is 2.24.